The summed E-state index contributed by atoms with van der Waals surface area (Å²) >= 11 is 1.65. The number of nitrogens with one attached hydrogen (secondary N) is 1. The Morgan fingerprint density at radius 3 is 2.75 bits per heavy atom. The molecule has 7 heteroatoms. The predicted octanol–water partition coefficient (Wildman–Crippen LogP) is 4.38. The number of aliphatic imine (C=N–C) groups is 1. The fraction of sp³-hybridized carbons (Fsp3) is 0.810. The molecule has 0 bridgehead atoms. The highest BCUT2D eigenvalue weighted by Gasteiger charge is 2.13. The number of ether oxygens (including phenoxy) is 2. The van der Waals surface area contributed by atoms with Gasteiger partial charge in [0.2, 0.25) is 0 Å². The van der Waals surface area contributed by atoms with E-state index in [1.807, 2.05) is 21.0 Å². The summed E-state index contributed by atoms with van der Waals surface area (Å²) in [6.45, 7) is 4.54. The summed E-state index contributed by atoms with van der Waals surface area (Å²) in [5.41, 5.74) is 1.05. The molecular weight excluding hydrogens is 372 g/mol. The summed E-state index contributed by atoms with van der Waals surface area (Å²) in [5.74, 6) is 0.902. The molecule has 1 aromatic heterocycles. The first-order valence-corrected chi connectivity index (χ1v) is 11.5. The van der Waals surface area contributed by atoms with Crippen molar-refractivity contribution in [3.05, 3.63) is 16.1 Å². The first-order valence-electron chi connectivity index (χ1n) is 10.6. The van der Waals surface area contributed by atoms with Crippen molar-refractivity contribution in [3.63, 3.8) is 0 Å². The number of aromatic nitrogens is 1. The molecule has 6 nitrogen and oxygen atoms in total. The van der Waals surface area contributed by atoms with E-state index in [-0.39, 0.29) is 6.10 Å². The SMILES string of the molecule is CN=C(NCCCCOC1CCCCCC1)N(C)Cc1csc(C(C)OC)n1. The minimum atomic E-state index is 0.0432. The minimum Gasteiger partial charge on any atom is -0.378 e. The maximum absolute atomic E-state index is 6.07. The fourth-order valence-corrected chi connectivity index (χ4v) is 4.31. The van der Waals surface area contributed by atoms with Crippen LogP contribution in [0, 0.1) is 0 Å². The third kappa shape index (κ3) is 8.05. The number of rotatable bonds is 10. The van der Waals surface area contributed by atoms with Crippen LogP contribution in [0.2, 0.25) is 0 Å². The number of hydrogen-bond acceptors (Lipinski definition) is 5. The van der Waals surface area contributed by atoms with E-state index < -0.39 is 0 Å². The quantitative estimate of drug-likeness (QED) is 0.268. The summed E-state index contributed by atoms with van der Waals surface area (Å²) in [6, 6.07) is 0. The molecule has 1 heterocycles. The molecule has 1 unspecified atom stereocenters. The second-order valence-electron chi connectivity index (χ2n) is 7.58. The zero-order valence-corrected chi connectivity index (χ0v) is 18.9. The molecule has 0 spiro atoms. The van der Waals surface area contributed by atoms with Gasteiger partial charge in [-0.3, -0.25) is 4.99 Å². The summed E-state index contributed by atoms with van der Waals surface area (Å²) in [4.78, 5) is 11.2. The van der Waals surface area contributed by atoms with Crippen molar-refractivity contribution < 1.29 is 9.47 Å². The number of hydrogen-bond donors (Lipinski definition) is 1. The van der Waals surface area contributed by atoms with Gasteiger partial charge in [-0.1, -0.05) is 25.7 Å². The molecule has 2 rings (SSSR count). The molecule has 1 N–H and O–H groups in total. The van der Waals surface area contributed by atoms with Gasteiger partial charge in [0.05, 0.1) is 18.3 Å². The number of methoxy groups -OCH3 is 1. The molecule has 0 amide bonds. The molecular formula is C21H38N4O2S. The second-order valence-corrected chi connectivity index (χ2v) is 8.47. The van der Waals surface area contributed by atoms with Crippen LogP contribution in [-0.2, 0) is 16.0 Å². The van der Waals surface area contributed by atoms with Crippen LogP contribution in [0.15, 0.2) is 10.4 Å². The number of guanidine groups is 1. The van der Waals surface area contributed by atoms with Crippen LogP contribution in [0.1, 0.15) is 75.1 Å². The molecule has 0 saturated heterocycles. The van der Waals surface area contributed by atoms with E-state index in [0.29, 0.717) is 6.10 Å². The topological polar surface area (TPSA) is 59.0 Å². The van der Waals surface area contributed by atoms with Gasteiger partial charge in [-0.15, -0.1) is 11.3 Å². The standard InChI is InChI=1S/C21H38N4O2S/c1-17(26-4)20-24-18(16-28-20)15-25(3)21(22-2)23-13-9-10-14-27-19-11-7-5-6-8-12-19/h16-17,19H,5-15H2,1-4H3,(H,22,23). The molecule has 1 saturated carbocycles. The van der Waals surface area contributed by atoms with Gasteiger partial charge in [-0.25, -0.2) is 4.98 Å². The van der Waals surface area contributed by atoms with Crippen molar-refractivity contribution in [2.45, 2.75) is 77.0 Å². The lowest BCUT2D eigenvalue weighted by atomic mass is 10.1. The Morgan fingerprint density at radius 2 is 2.07 bits per heavy atom. The Kier molecular flexibility index (Phi) is 10.8. The monoisotopic (exact) mass is 410 g/mol. The van der Waals surface area contributed by atoms with Crippen molar-refractivity contribution >= 4 is 17.3 Å². The zero-order chi connectivity index (χ0) is 20.2. The Hall–Kier alpha value is -1.18. The van der Waals surface area contributed by atoms with Gasteiger partial charge in [0, 0.05) is 39.7 Å². The van der Waals surface area contributed by atoms with Crippen molar-refractivity contribution in [2.75, 3.05) is 34.4 Å². The highest BCUT2D eigenvalue weighted by Crippen LogP contribution is 2.21. The summed E-state index contributed by atoms with van der Waals surface area (Å²) in [7, 11) is 5.59. The van der Waals surface area contributed by atoms with Crippen LogP contribution in [0.5, 0.6) is 0 Å². The molecule has 1 aromatic rings. The summed E-state index contributed by atoms with van der Waals surface area (Å²) in [5, 5.41) is 6.56. The van der Waals surface area contributed by atoms with Crippen LogP contribution in [0.4, 0.5) is 0 Å². The van der Waals surface area contributed by atoms with Crippen LogP contribution < -0.4 is 5.32 Å². The van der Waals surface area contributed by atoms with E-state index in [4.69, 9.17) is 9.47 Å². The molecule has 0 radical (unpaired) electrons. The third-order valence-corrected chi connectivity index (χ3v) is 6.31. The van der Waals surface area contributed by atoms with Crippen LogP contribution in [0.25, 0.3) is 0 Å². The summed E-state index contributed by atoms with van der Waals surface area (Å²) < 4.78 is 11.4. The van der Waals surface area contributed by atoms with Crippen LogP contribution in [0.3, 0.4) is 0 Å². The van der Waals surface area contributed by atoms with Gasteiger partial charge in [-0.2, -0.15) is 0 Å². The maximum atomic E-state index is 6.07. The normalized spacial score (nSPS) is 17.4. The van der Waals surface area contributed by atoms with E-state index in [2.05, 4.69) is 25.6 Å². The van der Waals surface area contributed by atoms with Gasteiger partial charge >= 0.3 is 0 Å². The largest absolute Gasteiger partial charge is 0.378 e. The van der Waals surface area contributed by atoms with Gasteiger partial charge in [0.15, 0.2) is 5.96 Å². The van der Waals surface area contributed by atoms with Gasteiger partial charge in [0.25, 0.3) is 0 Å². The maximum Gasteiger partial charge on any atom is 0.193 e. The van der Waals surface area contributed by atoms with E-state index >= 15 is 0 Å². The molecule has 1 aliphatic rings. The molecule has 1 aliphatic carbocycles. The Bertz CT molecular complexity index is 571. The van der Waals surface area contributed by atoms with Gasteiger partial charge in [0.1, 0.15) is 11.1 Å². The van der Waals surface area contributed by atoms with Crippen LogP contribution in [-0.4, -0.2) is 56.3 Å². The van der Waals surface area contributed by atoms with Crippen molar-refractivity contribution in [3.8, 4) is 0 Å². The highest BCUT2D eigenvalue weighted by molar-refractivity contribution is 7.09. The van der Waals surface area contributed by atoms with E-state index in [0.717, 1.165) is 49.2 Å². The van der Waals surface area contributed by atoms with Crippen LogP contribution >= 0.6 is 11.3 Å². The van der Waals surface area contributed by atoms with E-state index in [9.17, 15) is 0 Å². The van der Waals surface area contributed by atoms with Crippen molar-refractivity contribution in [1.82, 2.24) is 15.2 Å². The first kappa shape index (κ1) is 23.1. The lowest BCUT2D eigenvalue weighted by molar-refractivity contribution is 0.0411. The van der Waals surface area contributed by atoms with E-state index in [1.165, 1.54) is 38.5 Å². The smallest absolute Gasteiger partial charge is 0.193 e. The zero-order valence-electron chi connectivity index (χ0n) is 18.1. The number of unbranched alkanes of at least 4 members (excludes halogenated alkanes) is 1. The predicted molar refractivity (Wildman–Crippen MR) is 117 cm³/mol. The Morgan fingerprint density at radius 1 is 1.32 bits per heavy atom. The fourth-order valence-electron chi connectivity index (χ4n) is 3.47. The molecule has 0 aromatic carbocycles. The second kappa shape index (κ2) is 13.1. The van der Waals surface area contributed by atoms with E-state index in [1.54, 1.807) is 18.4 Å². The Balaban J connectivity index is 1.62. The highest BCUT2D eigenvalue weighted by atomic mass is 32.1. The summed E-state index contributed by atoms with van der Waals surface area (Å²) in [6.07, 6.45) is 10.6. The minimum absolute atomic E-state index is 0.0432. The third-order valence-electron chi connectivity index (χ3n) is 5.25. The van der Waals surface area contributed by atoms with Crippen molar-refractivity contribution in [2.24, 2.45) is 4.99 Å². The molecule has 1 atom stereocenters. The number of thiazole rings is 1. The first-order chi connectivity index (χ1) is 13.6. The van der Waals surface area contributed by atoms with Gasteiger partial charge < -0.3 is 19.7 Å². The molecule has 0 aliphatic heterocycles. The average Bonchev–Trinajstić information content (AvgIpc) is 3.01. The Labute approximate surface area is 174 Å². The lowest BCUT2D eigenvalue weighted by Gasteiger charge is -2.21. The molecule has 1 fully saturated rings. The molecule has 160 valence electrons. The lowest BCUT2D eigenvalue weighted by Crippen LogP contribution is -2.39. The average molecular weight is 411 g/mol. The number of nitrogens with zero attached hydrogens (tertiary/aromatic N) is 3. The van der Waals surface area contributed by atoms with Crippen molar-refractivity contribution in [1.29, 1.82) is 0 Å². The molecule has 28 heavy (non-hydrogen) atoms. The van der Waals surface area contributed by atoms with Gasteiger partial charge in [-0.05, 0) is 32.6 Å².